The van der Waals surface area contributed by atoms with E-state index in [4.69, 9.17) is 5.11 Å². The van der Waals surface area contributed by atoms with Gasteiger partial charge in [-0.15, -0.1) is 0 Å². The maximum Gasteiger partial charge on any atom is 0.303 e. The van der Waals surface area contributed by atoms with Gasteiger partial charge in [-0.25, -0.2) is 0 Å². The van der Waals surface area contributed by atoms with E-state index in [1.54, 1.807) is 0 Å². The molecule has 5 nitrogen and oxygen atoms in total. The Balaban J connectivity index is 1.84. The first-order valence-corrected chi connectivity index (χ1v) is 7.88. The van der Waals surface area contributed by atoms with Crippen molar-refractivity contribution in [3.63, 3.8) is 0 Å². The Labute approximate surface area is 128 Å². The van der Waals surface area contributed by atoms with Gasteiger partial charge in [0.2, 0.25) is 0 Å². The molecular weight excluding hydrogens is 322 g/mol. The van der Waals surface area contributed by atoms with Gasteiger partial charge in [0.25, 0.3) is 0 Å². The molecule has 112 valence electrons. The molecule has 0 amide bonds. The zero-order chi connectivity index (χ0) is 14.7. The van der Waals surface area contributed by atoms with Crippen molar-refractivity contribution in [2.24, 2.45) is 13.0 Å². The van der Waals surface area contributed by atoms with Crippen LogP contribution in [0.4, 0.5) is 0 Å². The minimum absolute atomic E-state index is 0.303. The van der Waals surface area contributed by atoms with Gasteiger partial charge in [-0.2, -0.15) is 5.10 Å². The second-order valence-corrected chi connectivity index (χ2v) is 6.41. The Morgan fingerprint density at radius 1 is 1.45 bits per heavy atom. The largest absolute Gasteiger partial charge is 0.481 e. The molecule has 0 aliphatic carbocycles. The van der Waals surface area contributed by atoms with Crippen LogP contribution in [0.5, 0.6) is 0 Å². The molecule has 0 radical (unpaired) electrons. The van der Waals surface area contributed by atoms with Crippen LogP contribution >= 0.6 is 15.9 Å². The van der Waals surface area contributed by atoms with E-state index in [0.717, 1.165) is 49.1 Å². The Kier molecular flexibility index (Phi) is 5.21. The molecule has 0 bridgehead atoms. The summed E-state index contributed by atoms with van der Waals surface area (Å²) in [7, 11) is 1.98. The Morgan fingerprint density at radius 3 is 2.60 bits per heavy atom. The van der Waals surface area contributed by atoms with Gasteiger partial charge in [0, 0.05) is 20.0 Å². The quantitative estimate of drug-likeness (QED) is 0.892. The Morgan fingerprint density at radius 2 is 2.10 bits per heavy atom. The number of halogens is 1. The number of carbonyl (C=O) groups is 1. The van der Waals surface area contributed by atoms with Gasteiger partial charge < -0.3 is 5.11 Å². The second kappa shape index (κ2) is 6.72. The molecule has 0 saturated carbocycles. The third kappa shape index (κ3) is 3.82. The van der Waals surface area contributed by atoms with Crippen molar-refractivity contribution in [3.05, 3.63) is 15.9 Å². The molecule has 20 heavy (non-hydrogen) atoms. The number of nitrogens with zero attached hydrogens (tertiary/aromatic N) is 3. The highest BCUT2D eigenvalue weighted by Gasteiger charge is 2.22. The highest BCUT2D eigenvalue weighted by molar-refractivity contribution is 9.10. The molecule has 1 N–H and O–H groups in total. The van der Waals surface area contributed by atoms with Crippen molar-refractivity contribution in [1.82, 2.24) is 14.7 Å². The van der Waals surface area contributed by atoms with Crippen molar-refractivity contribution in [2.75, 3.05) is 13.1 Å². The van der Waals surface area contributed by atoms with Crippen LogP contribution in [0.25, 0.3) is 0 Å². The lowest BCUT2D eigenvalue weighted by molar-refractivity contribution is -0.137. The van der Waals surface area contributed by atoms with Crippen LogP contribution in [0.15, 0.2) is 4.47 Å². The lowest BCUT2D eigenvalue weighted by Gasteiger charge is -2.31. The molecule has 1 aliphatic rings. The third-order valence-corrected chi connectivity index (χ3v) is 5.14. The molecule has 1 aromatic heterocycles. The van der Waals surface area contributed by atoms with Crippen molar-refractivity contribution in [2.45, 2.75) is 39.2 Å². The molecule has 0 aromatic carbocycles. The number of carboxylic acid groups (broad SMARTS) is 1. The van der Waals surface area contributed by atoms with E-state index in [9.17, 15) is 4.79 Å². The summed E-state index contributed by atoms with van der Waals surface area (Å²) in [6, 6.07) is 0. The Bertz CT molecular complexity index is 479. The van der Waals surface area contributed by atoms with E-state index in [1.807, 2.05) is 18.7 Å². The lowest BCUT2D eigenvalue weighted by atomic mass is 9.92. The smallest absolute Gasteiger partial charge is 0.303 e. The van der Waals surface area contributed by atoms with Gasteiger partial charge >= 0.3 is 5.97 Å². The minimum atomic E-state index is -0.679. The van der Waals surface area contributed by atoms with Gasteiger partial charge in [-0.05, 0) is 61.1 Å². The first kappa shape index (κ1) is 15.5. The number of aliphatic carboxylic acids is 1. The summed E-state index contributed by atoms with van der Waals surface area (Å²) in [4.78, 5) is 13.0. The van der Waals surface area contributed by atoms with E-state index >= 15 is 0 Å². The van der Waals surface area contributed by atoms with E-state index in [1.165, 1.54) is 5.69 Å². The normalized spacial score (nSPS) is 17.6. The van der Waals surface area contributed by atoms with Crippen molar-refractivity contribution < 1.29 is 9.90 Å². The van der Waals surface area contributed by atoms with E-state index in [2.05, 4.69) is 25.9 Å². The van der Waals surface area contributed by atoms with Gasteiger partial charge in [0.1, 0.15) is 0 Å². The van der Waals surface area contributed by atoms with E-state index in [-0.39, 0.29) is 0 Å². The molecule has 0 unspecified atom stereocenters. The summed E-state index contributed by atoms with van der Waals surface area (Å²) in [5, 5.41) is 13.1. The Hall–Kier alpha value is -0.880. The molecular formula is C14H22BrN3O2. The second-order valence-electron chi connectivity index (χ2n) is 5.62. The highest BCUT2D eigenvalue weighted by Crippen LogP contribution is 2.26. The summed E-state index contributed by atoms with van der Waals surface area (Å²) in [6.45, 7) is 5.00. The summed E-state index contributed by atoms with van der Waals surface area (Å²) < 4.78 is 3.05. The van der Waals surface area contributed by atoms with Crippen molar-refractivity contribution in [1.29, 1.82) is 0 Å². The van der Waals surface area contributed by atoms with Crippen LogP contribution in [-0.2, 0) is 18.4 Å². The van der Waals surface area contributed by atoms with Crippen LogP contribution in [0.2, 0.25) is 0 Å². The summed E-state index contributed by atoms with van der Waals surface area (Å²) in [6.07, 6.45) is 3.32. The van der Waals surface area contributed by atoms with Crippen LogP contribution in [-0.4, -0.2) is 38.8 Å². The fourth-order valence-electron chi connectivity index (χ4n) is 2.82. The molecule has 1 fully saturated rings. The summed E-state index contributed by atoms with van der Waals surface area (Å²) >= 11 is 3.61. The minimum Gasteiger partial charge on any atom is -0.481 e. The van der Waals surface area contributed by atoms with E-state index in [0.29, 0.717) is 12.3 Å². The van der Waals surface area contributed by atoms with Crippen LogP contribution in [0.3, 0.4) is 0 Å². The molecule has 1 aliphatic heterocycles. The average Bonchev–Trinajstić information content (AvgIpc) is 2.64. The zero-order valence-electron chi connectivity index (χ0n) is 12.1. The van der Waals surface area contributed by atoms with Crippen molar-refractivity contribution >= 4 is 21.9 Å². The van der Waals surface area contributed by atoms with E-state index < -0.39 is 5.97 Å². The number of rotatable bonds is 5. The lowest BCUT2D eigenvalue weighted by Crippen LogP contribution is -2.34. The molecule has 6 heteroatoms. The fourth-order valence-corrected chi connectivity index (χ4v) is 3.29. The van der Waals surface area contributed by atoms with Gasteiger partial charge in [-0.1, -0.05) is 0 Å². The summed E-state index contributed by atoms with van der Waals surface area (Å²) in [5.74, 6) is -0.110. The van der Waals surface area contributed by atoms with Gasteiger partial charge in [0.05, 0.1) is 15.9 Å². The van der Waals surface area contributed by atoms with Crippen LogP contribution < -0.4 is 0 Å². The fraction of sp³-hybridized carbons (Fsp3) is 0.714. The summed E-state index contributed by atoms with van der Waals surface area (Å²) in [5.41, 5.74) is 2.24. The number of carboxylic acids is 1. The topological polar surface area (TPSA) is 58.4 Å². The third-order valence-electron chi connectivity index (χ3n) is 4.11. The number of aryl methyl sites for hydroxylation is 2. The molecule has 2 rings (SSSR count). The first-order chi connectivity index (χ1) is 9.47. The molecule has 1 saturated heterocycles. The molecule has 1 aromatic rings. The predicted molar refractivity (Wildman–Crippen MR) is 80.5 cm³/mol. The molecule has 0 spiro atoms. The van der Waals surface area contributed by atoms with Crippen molar-refractivity contribution in [3.8, 4) is 0 Å². The molecule has 2 heterocycles. The first-order valence-electron chi connectivity index (χ1n) is 7.09. The van der Waals surface area contributed by atoms with Crippen LogP contribution in [0.1, 0.15) is 37.1 Å². The zero-order valence-corrected chi connectivity index (χ0v) is 13.7. The number of hydrogen-bond donors (Lipinski definition) is 1. The average molecular weight is 344 g/mol. The number of aromatic nitrogens is 2. The number of piperidine rings is 1. The highest BCUT2D eigenvalue weighted by atomic mass is 79.9. The van der Waals surface area contributed by atoms with Crippen LogP contribution in [0, 0.1) is 12.8 Å². The van der Waals surface area contributed by atoms with Gasteiger partial charge in [-0.3, -0.25) is 14.4 Å². The standard InChI is InChI=1S/C14H22BrN3O2/c1-10-14(15)12(17(2)16-10)9-18-7-5-11(6-8-18)3-4-13(19)20/h11H,3-9H2,1-2H3,(H,19,20). The predicted octanol–water partition coefficient (Wildman–Crippen LogP) is 2.57. The number of likely N-dealkylation sites (tertiary alicyclic amines) is 1. The molecule has 0 atom stereocenters. The monoisotopic (exact) mass is 343 g/mol. The maximum absolute atomic E-state index is 10.6. The maximum atomic E-state index is 10.6. The van der Waals surface area contributed by atoms with Gasteiger partial charge in [0.15, 0.2) is 0 Å². The number of hydrogen-bond acceptors (Lipinski definition) is 3. The SMILES string of the molecule is Cc1nn(C)c(CN2CCC(CCC(=O)O)CC2)c1Br.